The molecule has 188 valence electrons. The van der Waals surface area contributed by atoms with Crippen LogP contribution >= 0.6 is 34.8 Å². The summed E-state index contributed by atoms with van der Waals surface area (Å²) >= 11 is 18.0. The lowest BCUT2D eigenvalue weighted by molar-refractivity contribution is -0.348. The van der Waals surface area contributed by atoms with Crippen LogP contribution in [0.3, 0.4) is 0 Å². The van der Waals surface area contributed by atoms with E-state index < -0.39 is 33.6 Å². The van der Waals surface area contributed by atoms with Crippen LogP contribution in [-0.4, -0.2) is 28.0 Å². The smallest absolute Gasteiger partial charge is 0.352 e. The van der Waals surface area contributed by atoms with E-state index in [2.05, 4.69) is 10.4 Å². The molecule has 3 rings (SSSR count). The average Bonchev–Trinajstić information content (AvgIpc) is 3.19. The molecule has 1 aromatic heterocycles. The monoisotopic (exact) mass is 561 g/mol. The highest BCUT2D eigenvalue weighted by molar-refractivity contribution is 6.37. The number of carbonyl (C=O) groups is 1. The summed E-state index contributed by atoms with van der Waals surface area (Å²) in [5.41, 5.74) is -6.17. The summed E-state index contributed by atoms with van der Waals surface area (Å²) < 4.78 is 94.0. The molecule has 3 aromatic rings. The predicted octanol–water partition coefficient (Wildman–Crippen LogP) is 7.43. The Hall–Kier alpha value is -2.50. The Labute approximate surface area is 208 Å². The Morgan fingerprint density at radius 2 is 1.49 bits per heavy atom. The van der Waals surface area contributed by atoms with Crippen molar-refractivity contribution in [1.82, 2.24) is 15.1 Å². The molecule has 0 unspecified atom stereocenters. The van der Waals surface area contributed by atoms with Gasteiger partial charge in [-0.2, -0.15) is 31.4 Å². The van der Waals surface area contributed by atoms with Crippen molar-refractivity contribution in [3.8, 4) is 16.8 Å². The normalized spacial score (nSPS) is 12.7. The van der Waals surface area contributed by atoms with Gasteiger partial charge in [0.2, 0.25) is 5.91 Å². The highest BCUT2D eigenvalue weighted by atomic mass is 35.5. The Bertz CT molecular complexity index is 1230. The van der Waals surface area contributed by atoms with Crippen molar-refractivity contribution < 1.29 is 35.5 Å². The molecule has 0 fully saturated rings. The van der Waals surface area contributed by atoms with E-state index in [1.807, 2.05) is 0 Å². The molecule has 14 heteroatoms. The SMILES string of the molecule is CC(=O)NCc1cc(-c2cnn(-c3c(Cl)cc(C(F)(C(F)(F)F)C(F)(F)F)cc3Cl)c2)ccc1Cl. The molecular weight excluding hydrogens is 550 g/mol. The summed E-state index contributed by atoms with van der Waals surface area (Å²) in [5.74, 6) is -0.277. The number of nitrogens with one attached hydrogen (secondary N) is 1. The lowest BCUT2D eigenvalue weighted by Crippen LogP contribution is -2.50. The first-order valence-corrected chi connectivity index (χ1v) is 10.6. The van der Waals surface area contributed by atoms with Gasteiger partial charge in [-0.3, -0.25) is 4.79 Å². The van der Waals surface area contributed by atoms with E-state index in [1.54, 1.807) is 18.2 Å². The molecule has 4 nitrogen and oxygen atoms in total. The summed E-state index contributed by atoms with van der Waals surface area (Å²) in [6.07, 6.45) is -9.95. The predicted molar refractivity (Wildman–Crippen MR) is 116 cm³/mol. The third-order valence-electron chi connectivity index (χ3n) is 4.91. The quantitative estimate of drug-likeness (QED) is 0.329. The van der Waals surface area contributed by atoms with Crippen LogP contribution in [0.4, 0.5) is 30.7 Å². The molecule has 0 saturated carbocycles. The van der Waals surface area contributed by atoms with Gasteiger partial charge in [-0.1, -0.05) is 40.9 Å². The van der Waals surface area contributed by atoms with Gasteiger partial charge >= 0.3 is 18.0 Å². The zero-order valence-electron chi connectivity index (χ0n) is 17.3. The minimum atomic E-state index is -6.32. The van der Waals surface area contributed by atoms with Crippen molar-refractivity contribution in [1.29, 1.82) is 0 Å². The van der Waals surface area contributed by atoms with Gasteiger partial charge in [-0.15, -0.1) is 0 Å². The lowest BCUT2D eigenvalue weighted by atomic mass is 9.94. The number of rotatable bonds is 5. The Morgan fingerprint density at radius 3 is 2.00 bits per heavy atom. The molecule has 35 heavy (non-hydrogen) atoms. The first-order valence-electron chi connectivity index (χ1n) is 9.46. The molecule has 0 atom stereocenters. The summed E-state index contributed by atoms with van der Waals surface area (Å²) in [6.45, 7) is 1.47. The zero-order valence-corrected chi connectivity index (χ0v) is 19.6. The van der Waals surface area contributed by atoms with Gasteiger partial charge in [-0.25, -0.2) is 9.07 Å². The van der Waals surface area contributed by atoms with Crippen molar-refractivity contribution in [3.63, 3.8) is 0 Å². The van der Waals surface area contributed by atoms with Gasteiger partial charge in [-0.05, 0) is 35.4 Å². The van der Waals surface area contributed by atoms with Crippen molar-refractivity contribution in [2.45, 2.75) is 31.5 Å². The standard InChI is InChI=1S/C21H13Cl3F7N3O/c1-10(35)32-7-12-4-11(2-3-15(12)22)13-8-33-34(9-13)18-16(23)5-14(6-17(18)24)19(25,20(26,27)28)21(29,30)31/h2-6,8-9H,7H2,1H3,(H,32,35). The fourth-order valence-electron chi connectivity index (χ4n) is 3.17. The third kappa shape index (κ3) is 5.22. The molecule has 2 aromatic carbocycles. The minimum Gasteiger partial charge on any atom is -0.352 e. The summed E-state index contributed by atoms with van der Waals surface area (Å²) in [5, 5.41) is 5.59. The van der Waals surface area contributed by atoms with Crippen molar-refractivity contribution in [3.05, 3.63) is 68.9 Å². The van der Waals surface area contributed by atoms with E-state index in [0.29, 0.717) is 21.7 Å². The van der Waals surface area contributed by atoms with E-state index >= 15 is 0 Å². The molecule has 0 aliphatic rings. The fraction of sp³-hybridized carbons (Fsp3) is 0.238. The second kappa shape index (κ2) is 9.51. The lowest BCUT2D eigenvalue weighted by Gasteiger charge is -2.30. The number of hydrogen-bond acceptors (Lipinski definition) is 2. The zero-order chi connectivity index (χ0) is 26.3. The maximum atomic E-state index is 14.4. The van der Waals surface area contributed by atoms with E-state index in [4.69, 9.17) is 34.8 Å². The molecule has 1 amide bonds. The van der Waals surface area contributed by atoms with Crippen LogP contribution < -0.4 is 5.32 Å². The van der Waals surface area contributed by atoms with Crippen molar-refractivity contribution in [2.24, 2.45) is 0 Å². The van der Waals surface area contributed by atoms with Gasteiger partial charge in [0.25, 0.3) is 0 Å². The van der Waals surface area contributed by atoms with E-state index in [-0.39, 0.29) is 30.3 Å². The molecule has 1 heterocycles. The third-order valence-corrected chi connectivity index (χ3v) is 5.86. The molecule has 0 aliphatic heterocycles. The van der Waals surface area contributed by atoms with Crippen LogP contribution in [0.25, 0.3) is 16.8 Å². The largest absolute Gasteiger partial charge is 0.435 e. The van der Waals surface area contributed by atoms with Crippen LogP contribution in [0, 0.1) is 0 Å². The van der Waals surface area contributed by atoms with Crippen molar-refractivity contribution in [2.75, 3.05) is 0 Å². The van der Waals surface area contributed by atoms with E-state index in [0.717, 1.165) is 4.68 Å². The number of carbonyl (C=O) groups excluding carboxylic acids is 1. The summed E-state index contributed by atoms with van der Waals surface area (Å²) in [7, 11) is 0. The maximum Gasteiger partial charge on any atom is 0.435 e. The van der Waals surface area contributed by atoms with Gasteiger partial charge in [0, 0.05) is 35.8 Å². The Kier molecular flexibility index (Phi) is 7.36. The van der Waals surface area contributed by atoms with Gasteiger partial charge in [0.15, 0.2) is 0 Å². The molecular formula is C21H13Cl3F7N3O. The number of hydrogen-bond donors (Lipinski definition) is 1. The first kappa shape index (κ1) is 27.1. The molecule has 0 aliphatic carbocycles. The summed E-state index contributed by atoms with van der Waals surface area (Å²) in [4.78, 5) is 11.2. The van der Waals surface area contributed by atoms with Crippen LogP contribution in [0.2, 0.25) is 15.1 Å². The fourth-order valence-corrected chi connectivity index (χ4v) is 4.02. The second-order valence-electron chi connectivity index (χ2n) is 7.33. The van der Waals surface area contributed by atoms with Gasteiger partial charge in [0.05, 0.1) is 16.2 Å². The molecule has 0 radical (unpaired) electrons. The molecule has 0 bridgehead atoms. The highest BCUT2D eigenvalue weighted by Gasteiger charge is 2.73. The molecule has 0 spiro atoms. The van der Waals surface area contributed by atoms with Crippen LogP contribution in [0.5, 0.6) is 0 Å². The van der Waals surface area contributed by atoms with E-state index in [1.165, 1.54) is 19.3 Å². The topological polar surface area (TPSA) is 46.9 Å². The first-order chi connectivity index (χ1) is 16.1. The Morgan fingerprint density at radius 1 is 0.914 bits per heavy atom. The number of benzene rings is 2. The van der Waals surface area contributed by atoms with Crippen molar-refractivity contribution >= 4 is 40.7 Å². The van der Waals surface area contributed by atoms with Crippen LogP contribution in [-0.2, 0) is 17.0 Å². The molecule has 1 N–H and O–H groups in total. The number of aromatic nitrogens is 2. The van der Waals surface area contributed by atoms with Gasteiger partial charge < -0.3 is 5.32 Å². The number of amides is 1. The maximum absolute atomic E-state index is 14.4. The summed E-state index contributed by atoms with van der Waals surface area (Å²) in [6, 6.07) is 5.25. The number of halogens is 10. The average molecular weight is 563 g/mol. The van der Waals surface area contributed by atoms with E-state index in [9.17, 15) is 35.5 Å². The van der Waals surface area contributed by atoms with Gasteiger partial charge in [0.1, 0.15) is 5.69 Å². The van der Waals surface area contributed by atoms with Crippen LogP contribution in [0.1, 0.15) is 18.1 Å². The minimum absolute atomic E-state index is 0.138. The highest BCUT2D eigenvalue weighted by Crippen LogP contribution is 2.54. The molecule has 0 saturated heterocycles. The second-order valence-corrected chi connectivity index (χ2v) is 8.55. The number of alkyl halides is 7. The number of nitrogens with zero attached hydrogens (tertiary/aromatic N) is 2. The Balaban J connectivity index is 2.03. The van der Waals surface area contributed by atoms with Crippen LogP contribution in [0.15, 0.2) is 42.7 Å².